The van der Waals surface area contributed by atoms with Gasteiger partial charge in [0.25, 0.3) is 5.91 Å². The molecular weight excluding hydrogens is 342 g/mol. The van der Waals surface area contributed by atoms with Crippen molar-refractivity contribution in [2.45, 2.75) is 13.8 Å². The molecule has 0 spiro atoms. The Labute approximate surface area is 150 Å². The summed E-state index contributed by atoms with van der Waals surface area (Å²) in [6.07, 6.45) is 0. The summed E-state index contributed by atoms with van der Waals surface area (Å²) < 4.78 is 0. The molecule has 0 aliphatic carbocycles. The van der Waals surface area contributed by atoms with Crippen molar-refractivity contribution in [2.24, 2.45) is 0 Å². The highest BCUT2D eigenvalue weighted by Gasteiger charge is 2.15. The first-order chi connectivity index (χ1) is 11.9. The zero-order valence-corrected chi connectivity index (χ0v) is 14.6. The van der Waals surface area contributed by atoms with Crippen molar-refractivity contribution < 1.29 is 14.4 Å². The molecule has 0 aliphatic heterocycles. The Kier molecular flexibility index (Phi) is 6.14. The van der Waals surface area contributed by atoms with Gasteiger partial charge in [-0.2, -0.15) is 0 Å². The SMILES string of the molecule is CC(=O)Nc1ccc(NC(=O)CCl)c(C(=O)Nc2ccccc2C)c1. The van der Waals surface area contributed by atoms with Crippen LogP contribution in [0, 0.1) is 6.92 Å². The van der Waals surface area contributed by atoms with Crippen LogP contribution in [-0.2, 0) is 9.59 Å². The van der Waals surface area contributed by atoms with Crippen LogP contribution < -0.4 is 16.0 Å². The summed E-state index contributed by atoms with van der Waals surface area (Å²) in [6, 6.07) is 12.0. The second-order valence-electron chi connectivity index (χ2n) is 5.39. The molecule has 0 saturated carbocycles. The third kappa shape index (κ3) is 5.06. The van der Waals surface area contributed by atoms with Crippen LogP contribution in [0.5, 0.6) is 0 Å². The monoisotopic (exact) mass is 359 g/mol. The maximum Gasteiger partial charge on any atom is 0.257 e. The third-order valence-corrected chi connectivity index (χ3v) is 3.62. The summed E-state index contributed by atoms with van der Waals surface area (Å²) >= 11 is 5.51. The first-order valence-electron chi connectivity index (χ1n) is 7.55. The molecule has 0 saturated heterocycles. The van der Waals surface area contributed by atoms with Crippen LogP contribution in [0.25, 0.3) is 0 Å². The minimum Gasteiger partial charge on any atom is -0.326 e. The van der Waals surface area contributed by atoms with E-state index in [-0.39, 0.29) is 17.4 Å². The highest BCUT2D eigenvalue weighted by molar-refractivity contribution is 6.29. The minimum absolute atomic E-state index is 0.216. The minimum atomic E-state index is -0.432. The van der Waals surface area contributed by atoms with Gasteiger partial charge in [0.05, 0.1) is 11.3 Å². The van der Waals surface area contributed by atoms with Crippen molar-refractivity contribution in [1.82, 2.24) is 0 Å². The molecule has 7 heteroatoms. The van der Waals surface area contributed by atoms with Gasteiger partial charge in [-0.05, 0) is 36.8 Å². The number of carbonyl (C=O) groups excluding carboxylic acids is 3. The van der Waals surface area contributed by atoms with Crippen molar-refractivity contribution in [3.05, 3.63) is 53.6 Å². The Balaban J connectivity index is 2.36. The molecule has 6 nitrogen and oxygen atoms in total. The van der Waals surface area contributed by atoms with Crippen LogP contribution >= 0.6 is 11.6 Å². The summed E-state index contributed by atoms with van der Waals surface area (Å²) in [5.41, 5.74) is 2.54. The standard InChI is InChI=1S/C18H18ClN3O3/c1-11-5-3-4-6-15(11)22-18(25)14-9-13(20-12(2)23)7-8-16(14)21-17(24)10-19/h3-9H,10H2,1-2H3,(H,20,23)(H,21,24)(H,22,25). The molecule has 0 radical (unpaired) electrons. The molecule has 0 unspecified atom stereocenters. The van der Waals surface area contributed by atoms with E-state index in [1.54, 1.807) is 18.2 Å². The van der Waals surface area contributed by atoms with Crippen LogP contribution in [0.1, 0.15) is 22.8 Å². The number of hydrogen-bond donors (Lipinski definition) is 3. The number of benzene rings is 2. The molecule has 0 atom stereocenters. The predicted octanol–water partition coefficient (Wildman–Crippen LogP) is 3.38. The number of rotatable bonds is 5. The largest absolute Gasteiger partial charge is 0.326 e. The fraction of sp³-hybridized carbons (Fsp3) is 0.167. The van der Waals surface area contributed by atoms with Gasteiger partial charge in [-0.1, -0.05) is 18.2 Å². The lowest BCUT2D eigenvalue weighted by Crippen LogP contribution is -2.19. The van der Waals surface area contributed by atoms with E-state index in [9.17, 15) is 14.4 Å². The Hall–Kier alpha value is -2.86. The van der Waals surface area contributed by atoms with Gasteiger partial charge in [-0.25, -0.2) is 0 Å². The van der Waals surface area contributed by atoms with E-state index in [1.165, 1.54) is 13.0 Å². The number of halogens is 1. The Bertz CT molecular complexity index is 821. The van der Waals surface area contributed by atoms with E-state index >= 15 is 0 Å². The van der Waals surface area contributed by atoms with E-state index in [4.69, 9.17) is 11.6 Å². The normalized spacial score (nSPS) is 10.0. The van der Waals surface area contributed by atoms with E-state index in [0.29, 0.717) is 17.1 Å². The van der Waals surface area contributed by atoms with Crippen molar-refractivity contribution in [1.29, 1.82) is 0 Å². The second-order valence-corrected chi connectivity index (χ2v) is 5.66. The van der Waals surface area contributed by atoms with Gasteiger partial charge in [-0.3, -0.25) is 14.4 Å². The van der Waals surface area contributed by atoms with E-state index < -0.39 is 11.8 Å². The molecule has 3 N–H and O–H groups in total. The van der Waals surface area contributed by atoms with Gasteiger partial charge in [0.2, 0.25) is 11.8 Å². The Morgan fingerprint density at radius 1 is 0.960 bits per heavy atom. The molecule has 2 aromatic carbocycles. The smallest absolute Gasteiger partial charge is 0.257 e. The molecule has 2 rings (SSSR count). The first kappa shape index (κ1) is 18.5. The van der Waals surface area contributed by atoms with Crippen molar-refractivity contribution in [3.63, 3.8) is 0 Å². The molecule has 3 amide bonds. The highest BCUT2D eigenvalue weighted by Crippen LogP contribution is 2.23. The lowest BCUT2D eigenvalue weighted by Gasteiger charge is -2.14. The van der Waals surface area contributed by atoms with E-state index in [1.807, 2.05) is 25.1 Å². The van der Waals surface area contributed by atoms with Crippen LogP contribution in [0.4, 0.5) is 17.1 Å². The molecule has 0 fully saturated rings. The van der Waals surface area contributed by atoms with Gasteiger partial charge >= 0.3 is 0 Å². The summed E-state index contributed by atoms with van der Waals surface area (Å²) in [7, 11) is 0. The van der Waals surface area contributed by atoms with Crippen LogP contribution in [-0.4, -0.2) is 23.6 Å². The van der Waals surface area contributed by atoms with Gasteiger partial charge < -0.3 is 16.0 Å². The number of amides is 3. The van der Waals surface area contributed by atoms with Gasteiger partial charge in [0, 0.05) is 18.3 Å². The molecule has 0 bridgehead atoms. The lowest BCUT2D eigenvalue weighted by molar-refractivity contribution is -0.114. The van der Waals surface area contributed by atoms with Crippen LogP contribution in [0.15, 0.2) is 42.5 Å². The molecule has 130 valence electrons. The molecule has 0 aliphatic rings. The zero-order valence-electron chi connectivity index (χ0n) is 13.9. The maximum absolute atomic E-state index is 12.7. The van der Waals surface area contributed by atoms with Gasteiger partial charge in [0.1, 0.15) is 5.88 Å². The summed E-state index contributed by atoms with van der Waals surface area (Å²) in [5, 5.41) is 7.99. The fourth-order valence-electron chi connectivity index (χ4n) is 2.21. The van der Waals surface area contributed by atoms with Gasteiger partial charge in [-0.15, -0.1) is 11.6 Å². The topological polar surface area (TPSA) is 87.3 Å². The first-order valence-corrected chi connectivity index (χ1v) is 8.08. The number of hydrogen-bond acceptors (Lipinski definition) is 3. The van der Waals surface area contributed by atoms with Crippen molar-refractivity contribution in [2.75, 3.05) is 21.8 Å². The van der Waals surface area contributed by atoms with E-state index in [0.717, 1.165) is 5.56 Å². The number of para-hydroxylation sites is 1. The molecule has 25 heavy (non-hydrogen) atoms. The Morgan fingerprint density at radius 2 is 1.68 bits per heavy atom. The fourth-order valence-corrected chi connectivity index (χ4v) is 2.28. The zero-order chi connectivity index (χ0) is 18.4. The maximum atomic E-state index is 12.7. The second kappa shape index (κ2) is 8.30. The van der Waals surface area contributed by atoms with Crippen LogP contribution in [0.3, 0.4) is 0 Å². The Morgan fingerprint density at radius 3 is 2.32 bits per heavy atom. The number of aryl methyl sites for hydroxylation is 1. The average Bonchev–Trinajstić information content (AvgIpc) is 2.57. The number of alkyl halides is 1. The van der Waals surface area contributed by atoms with Crippen LogP contribution in [0.2, 0.25) is 0 Å². The molecular formula is C18H18ClN3O3. The number of anilines is 3. The van der Waals surface area contributed by atoms with Crippen molar-refractivity contribution >= 4 is 46.4 Å². The summed E-state index contributed by atoms with van der Waals surface area (Å²) in [5.74, 6) is -1.33. The average molecular weight is 360 g/mol. The third-order valence-electron chi connectivity index (χ3n) is 3.37. The molecule has 0 aromatic heterocycles. The molecule has 0 heterocycles. The summed E-state index contributed by atoms with van der Waals surface area (Å²) in [6.45, 7) is 3.25. The highest BCUT2D eigenvalue weighted by atomic mass is 35.5. The predicted molar refractivity (Wildman–Crippen MR) is 99.2 cm³/mol. The van der Waals surface area contributed by atoms with E-state index in [2.05, 4.69) is 16.0 Å². The quantitative estimate of drug-likeness (QED) is 0.715. The summed E-state index contributed by atoms with van der Waals surface area (Å²) in [4.78, 5) is 35.5. The molecule has 2 aromatic rings. The number of carbonyl (C=O) groups is 3. The number of nitrogens with one attached hydrogen (secondary N) is 3. The lowest BCUT2D eigenvalue weighted by atomic mass is 10.1. The van der Waals surface area contributed by atoms with Crippen molar-refractivity contribution in [3.8, 4) is 0 Å². The van der Waals surface area contributed by atoms with Gasteiger partial charge in [0.15, 0.2) is 0 Å².